The molecule has 1 heterocycles. The molecule has 3 rings (SSSR count). The zero-order valence-electron chi connectivity index (χ0n) is 22.3. The minimum absolute atomic E-state index is 0.0231. The molecule has 0 saturated carbocycles. The van der Waals surface area contributed by atoms with E-state index in [0.29, 0.717) is 11.3 Å². The molecule has 0 spiro atoms. The first-order chi connectivity index (χ1) is 17.2. The summed E-state index contributed by atoms with van der Waals surface area (Å²) in [5, 5.41) is 12.4. The third-order valence-corrected chi connectivity index (χ3v) is 6.04. The number of nitriles is 1. The smallest absolute Gasteiger partial charge is 0.106 e. The number of anilines is 2. The number of piperidine rings is 1. The molecule has 36 heavy (non-hydrogen) atoms. The summed E-state index contributed by atoms with van der Waals surface area (Å²) in [6, 6.07) is 7.77. The third-order valence-electron chi connectivity index (χ3n) is 6.04. The SMILES string of the molecule is C=C.C=C(C/C(F)=C\C=C/C)Nc1cc(C#N)ccc1N1CCC(C)CC1.CC1=CCC(C)C(F)=C1. The van der Waals surface area contributed by atoms with Crippen LogP contribution in [0.5, 0.6) is 0 Å². The van der Waals surface area contributed by atoms with E-state index in [9.17, 15) is 14.0 Å². The highest BCUT2D eigenvalue weighted by Gasteiger charge is 2.19. The maximum Gasteiger partial charge on any atom is 0.106 e. The van der Waals surface area contributed by atoms with Crippen LogP contribution in [0.2, 0.25) is 0 Å². The predicted octanol–water partition coefficient (Wildman–Crippen LogP) is 9.17. The van der Waals surface area contributed by atoms with Crippen molar-refractivity contribution in [3.8, 4) is 6.07 Å². The molecular formula is C31H41F2N3. The molecule has 0 radical (unpaired) electrons. The van der Waals surface area contributed by atoms with Crippen LogP contribution in [0.25, 0.3) is 0 Å². The summed E-state index contributed by atoms with van der Waals surface area (Å²) in [7, 11) is 0. The van der Waals surface area contributed by atoms with Crippen molar-refractivity contribution in [3.05, 3.63) is 96.8 Å². The Morgan fingerprint density at radius 1 is 1.25 bits per heavy atom. The van der Waals surface area contributed by atoms with Crippen LogP contribution < -0.4 is 10.2 Å². The number of halogens is 2. The average molecular weight is 494 g/mol. The van der Waals surface area contributed by atoms with Crippen LogP contribution in [-0.2, 0) is 0 Å². The Morgan fingerprint density at radius 3 is 2.47 bits per heavy atom. The van der Waals surface area contributed by atoms with Crippen LogP contribution in [0.4, 0.5) is 20.2 Å². The summed E-state index contributed by atoms with van der Waals surface area (Å²) < 4.78 is 26.5. The molecular weight excluding hydrogens is 452 g/mol. The van der Waals surface area contributed by atoms with Crippen LogP contribution in [-0.4, -0.2) is 13.1 Å². The van der Waals surface area contributed by atoms with Gasteiger partial charge in [-0.2, -0.15) is 5.26 Å². The fourth-order valence-electron chi connectivity index (χ4n) is 3.82. The zero-order chi connectivity index (χ0) is 27.1. The van der Waals surface area contributed by atoms with E-state index in [-0.39, 0.29) is 24.0 Å². The van der Waals surface area contributed by atoms with E-state index in [0.717, 1.165) is 55.2 Å². The Labute approximate surface area is 216 Å². The number of benzene rings is 1. The van der Waals surface area contributed by atoms with Gasteiger partial charge in [0, 0.05) is 31.1 Å². The highest BCUT2D eigenvalue weighted by Crippen LogP contribution is 2.32. The molecule has 3 nitrogen and oxygen atoms in total. The van der Waals surface area contributed by atoms with Crippen LogP contribution in [0.3, 0.4) is 0 Å². The first-order valence-electron chi connectivity index (χ1n) is 12.5. The Morgan fingerprint density at radius 2 is 1.92 bits per heavy atom. The van der Waals surface area contributed by atoms with Crippen molar-refractivity contribution in [1.29, 1.82) is 5.26 Å². The number of nitrogens with one attached hydrogen (secondary N) is 1. The lowest BCUT2D eigenvalue weighted by atomic mass is 9.98. The van der Waals surface area contributed by atoms with Crippen LogP contribution >= 0.6 is 0 Å². The van der Waals surface area contributed by atoms with Crippen molar-refractivity contribution < 1.29 is 8.78 Å². The molecule has 1 saturated heterocycles. The summed E-state index contributed by atoms with van der Waals surface area (Å²) >= 11 is 0. The molecule has 0 bridgehead atoms. The zero-order valence-corrected chi connectivity index (χ0v) is 22.3. The summed E-state index contributed by atoms with van der Waals surface area (Å²) in [5.41, 5.74) is 4.06. The first kappa shape index (κ1) is 30.6. The lowest BCUT2D eigenvalue weighted by molar-refractivity contribution is 0.438. The van der Waals surface area contributed by atoms with Crippen LogP contribution in [0, 0.1) is 23.2 Å². The Hall–Kier alpha value is -3.39. The van der Waals surface area contributed by atoms with Gasteiger partial charge in [-0.05, 0) is 69.4 Å². The highest BCUT2D eigenvalue weighted by molar-refractivity contribution is 5.73. The van der Waals surface area contributed by atoms with Gasteiger partial charge in [0.2, 0.25) is 0 Å². The van der Waals surface area contributed by atoms with Gasteiger partial charge in [0.25, 0.3) is 0 Å². The van der Waals surface area contributed by atoms with Gasteiger partial charge in [-0.3, -0.25) is 0 Å². The van der Waals surface area contributed by atoms with Crippen molar-refractivity contribution in [2.24, 2.45) is 11.8 Å². The Kier molecular flexibility index (Phi) is 13.9. The lowest BCUT2D eigenvalue weighted by Crippen LogP contribution is -2.33. The molecule has 1 aromatic rings. The summed E-state index contributed by atoms with van der Waals surface area (Å²) in [4.78, 5) is 2.32. The monoisotopic (exact) mass is 493 g/mol. The van der Waals surface area contributed by atoms with Gasteiger partial charge in [-0.25, -0.2) is 8.78 Å². The van der Waals surface area contributed by atoms with Gasteiger partial charge < -0.3 is 10.2 Å². The molecule has 1 unspecified atom stereocenters. The highest BCUT2D eigenvalue weighted by atomic mass is 19.1. The van der Waals surface area contributed by atoms with Crippen molar-refractivity contribution >= 4 is 11.4 Å². The van der Waals surface area contributed by atoms with Crippen molar-refractivity contribution in [2.75, 3.05) is 23.3 Å². The van der Waals surface area contributed by atoms with E-state index in [4.69, 9.17) is 0 Å². The molecule has 194 valence electrons. The fraction of sp³-hybridized carbons (Fsp3) is 0.387. The quantitative estimate of drug-likeness (QED) is 0.317. The minimum Gasteiger partial charge on any atom is -0.370 e. The second-order valence-corrected chi connectivity index (χ2v) is 9.17. The fourth-order valence-corrected chi connectivity index (χ4v) is 3.82. The molecule has 1 N–H and O–H groups in total. The summed E-state index contributed by atoms with van der Waals surface area (Å²) in [5.74, 6) is 0.621. The molecule has 1 atom stereocenters. The third kappa shape index (κ3) is 10.5. The maximum absolute atomic E-state index is 13.8. The molecule has 1 aliphatic heterocycles. The summed E-state index contributed by atoms with van der Waals surface area (Å²) in [6.45, 7) is 19.9. The van der Waals surface area contributed by atoms with Crippen molar-refractivity contribution in [1.82, 2.24) is 0 Å². The lowest BCUT2D eigenvalue weighted by Gasteiger charge is -2.33. The molecule has 1 aromatic carbocycles. The Balaban J connectivity index is 0.000000491. The normalized spacial score (nSPS) is 18.1. The predicted molar refractivity (Wildman–Crippen MR) is 151 cm³/mol. The van der Waals surface area contributed by atoms with Gasteiger partial charge in [0.1, 0.15) is 11.7 Å². The second kappa shape index (κ2) is 16.3. The van der Waals surface area contributed by atoms with Gasteiger partial charge >= 0.3 is 0 Å². The van der Waals surface area contributed by atoms with E-state index < -0.39 is 0 Å². The Bertz CT molecular complexity index is 1020. The van der Waals surface area contributed by atoms with E-state index in [1.54, 1.807) is 18.2 Å². The van der Waals surface area contributed by atoms with Gasteiger partial charge in [0.05, 0.1) is 23.0 Å². The molecule has 0 amide bonds. The standard InChI is InChI=1S/C21H26FN3.C8H11F.C2H4/c1-4-5-6-19(22)13-17(3)24-20-14-18(15-23)7-8-21(20)25-11-9-16(2)10-12-25;1-6-3-4-7(2)8(9)5-6;1-2/h4-8,14,16,24H,3,9-13H2,1-2H3;3,5,7H,4H2,1-2H3;1-2H2/b5-4-,19-6+;;. The largest absolute Gasteiger partial charge is 0.370 e. The minimum atomic E-state index is -0.250. The number of hydrogen-bond donors (Lipinski definition) is 1. The summed E-state index contributed by atoms with van der Waals surface area (Å²) in [6.07, 6.45) is 11.8. The van der Waals surface area contributed by atoms with Gasteiger partial charge in [-0.1, -0.05) is 44.2 Å². The van der Waals surface area contributed by atoms with E-state index in [1.165, 1.54) is 6.08 Å². The average Bonchev–Trinajstić information content (AvgIpc) is 2.87. The maximum atomic E-state index is 13.8. The molecule has 5 heteroatoms. The van der Waals surface area contributed by atoms with Crippen LogP contribution in [0.15, 0.2) is 91.2 Å². The van der Waals surface area contributed by atoms with Gasteiger partial charge in [0.15, 0.2) is 0 Å². The topological polar surface area (TPSA) is 39.1 Å². The number of hydrogen-bond acceptors (Lipinski definition) is 3. The van der Waals surface area contributed by atoms with E-state index in [2.05, 4.69) is 49.0 Å². The molecule has 2 aliphatic rings. The number of allylic oxidation sites excluding steroid dienone is 8. The van der Waals surface area contributed by atoms with E-state index in [1.807, 2.05) is 39.0 Å². The molecule has 1 aliphatic carbocycles. The van der Waals surface area contributed by atoms with Crippen LogP contribution in [0.1, 0.15) is 58.9 Å². The molecule has 1 fully saturated rings. The van der Waals surface area contributed by atoms with Gasteiger partial charge in [-0.15, -0.1) is 13.2 Å². The molecule has 0 aromatic heterocycles. The van der Waals surface area contributed by atoms with E-state index >= 15 is 0 Å². The number of nitrogens with zero attached hydrogens (tertiary/aromatic N) is 2. The van der Waals surface area contributed by atoms with Crippen molar-refractivity contribution in [3.63, 3.8) is 0 Å². The van der Waals surface area contributed by atoms with Crippen molar-refractivity contribution in [2.45, 2.75) is 53.4 Å². The second-order valence-electron chi connectivity index (χ2n) is 9.17. The number of rotatable bonds is 6. The first-order valence-corrected chi connectivity index (χ1v) is 12.5.